The summed E-state index contributed by atoms with van der Waals surface area (Å²) in [6.45, 7) is 0. The molecule has 0 atom stereocenters. The molecule has 0 radical (unpaired) electrons. The molecule has 2 saturated carbocycles. The minimum Gasteiger partial charge on any atom is -0.490 e. The Morgan fingerprint density at radius 3 is 2.33 bits per heavy atom. The average molecular weight is 289 g/mol. The van der Waals surface area contributed by atoms with Crippen LogP contribution in [0.3, 0.4) is 0 Å². The molecule has 4 heteroatoms. The van der Waals surface area contributed by atoms with Crippen LogP contribution in [0.5, 0.6) is 5.75 Å². The first-order chi connectivity index (χ1) is 10.2. The van der Waals surface area contributed by atoms with Crippen molar-refractivity contribution < 1.29 is 14.6 Å². The molecule has 2 aliphatic rings. The molecule has 114 valence electrons. The van der Waals surface area contributed by atoms with Crippen molar-refractivity contribution in [2.24, 2.45) is 0 Å². The Labute approximate surface area is 125 Å². The van der Waals surface area contributed by atoms with Crippen LogP contribution in [-0.2, 0) is 4.79 Å². The lowest BCUT2D eigenvalue weighted by Gasteiger charge is -2.21. The van der Waals surface area contributed by atoms with Gasteiger partial charge in [-0.15, -0.1) is 0 Å². The lowest BCUT2D eigenvalue weighted by molar-refractivity contribution is -0.133. The molecule has 0 unspecified atom stereocenters. The van der Waals surface area contributed by atoms with Gasteiger partial charge in [0.15, 0.2) is 0 Å². The zero-order chi connectivity index (χ0) is 14.7. The summed E-state index contributed by atoms with van der Waals surface area (Å²) in [7, 11) is 0. The molecule has 21 heavy (non-hydrogen) atoms. The van der Waals surface area contributed by atoms with E-state index in [-0.39, 0.29) is 5.91 Å². The van der Waals surface area contributed by atoms with Crippen LogP contribution in [0.4, 0.5) is 5.69 Å². The molecule has 2 fully saturated rings. The summed E-state index contributed by atoms with van der Waals surface area (Å²) in [6.07, 6.45) is 8.04. The van der Waals surface area contributed by atoms with Gasteiger partial charge in [0.1, 0.15) is 11.4 Å². The van der Waals surface area contributed by atoms with E-state index in [1.165, 1.54) is 12.8 Å². The van der Waals surface area contributed by atoms with Crippen molar-refractivity contribution in [1.82, 2.24) is 0 Å². The second-order valence-corrected chi connectivity index (χ2v) is 6.24. The van der Waals surface area contributed by atoms with Crippen molar-refractivity contribution in [1.29, 1.82) is 0 Å². The number of carbonyl (C=O) groups excluding carboxylic acids is 1. The topological polar surface area (TPSA) is 58.6 Å². The number of hydrogen-bond donors (Lipinski definition) is 2. The molecule has 0 saturated heterocycles. The van der Waals surface area contributed by atoms with Gasteiger partial charge in [0.05, 0.1) is 6.10 Å². The lowest BCUT2D eigenvalue weighted by atomic mass is 10.0. The number of hydrogen-bond acceptors (Lipinski definition) is 3. The molecule has 1 aromatic rings. The largest absolute Gasteiger partial charge is 0.490 e. The Morgan fingerprint density at radius 1 is 1.10 bits per heavy atom. The quantitative estimate of drug-likeness (QED) is 0.894. The monoisotopic (exact) mass is 289 g/mol. The van der Waals surface area contributed by atoms with E-state index >= 15 is 0 Å². The van der Waals surface area contributed by atoms with Crippen molar-refractivity contribution in [2.45, 2.75) is 63.1 Å². The molecular formula is C17H23NO3. The Morgan fingerprint density at radius 2 is 1.71 bits per heavy atom. The number of benzene rings is 1. The fourth-order valence-electron chi connectivity index (χ4n) is 3.25. The van der Waals surface area contributed by atoms with E-state index < -0.39 is 5.60 Å². The van der Waals surface area contributed by atoms with Gasteiger partial charge in [-0.2, -0.15) is 0 Å². The molecule has 2 N–H and O–H groups in total. The van der Waals surface area contributed by atoms with Crippen molar-refractivity contribution in [3.63, 3.8) is 0 Å². The van der Waals surface area contributed by atoms with Gasteiger partial charge in [-0.3, -0.25) is 4.79 Å². The minimum atomic E-state index is -1.18. The highest BCUT2D eigenvalue weighted by Crippen LogP contribution is 2.31. The highest BCUT2D eigenvalue weighted by atomic mass is 16.5. The fraction of sp³-hybridized carbons (Fsp3) is 0.588. The number of nitrogens with one attached hydrogen (secondary N) is 1. The molecule has 0 aromatic heterocycles. The third kappa shape index (κ3) is 3.38. The first kappa shape index (κ1) is 14.4. The Hall–Kier alpha value is -1.55. The smallest absolute Gasteiger partial charge is 0.256 e. The van der Waals surface area contributed by atoms with Crippen LogP contribution in [0, 0.1) is 0 Å². The van der Waals surface area contributed by atoms with Gasteiger partial charge < -0.3 is 15.2 Å². The van der Waals surface area contributed by atoms with Crippen LogP contribution < -0.4 is 10.1 Å². The molecule has 2 aliphatic carbocycles. The number of amides is 1. The molecule has 3 rings (SSSR count). The lowest BCUT2D eigenvalue weighted by Crippen LogP contribution is -2.40. The predicted molar refractivity (Wildman–Crippen MR) is 81.4 cm³/mol. The molecular weight excluding hydrogens is 266 g/mol. The average Bonchev–Trinajstić information content (AvgIpc) is 3.13. The van der Waals surface area contributed by atoms with Gasteiger partial charge >= 0.3 is 0 Å². The van der Waals surface area contributed by atoms with Crippen LogP contribution in [0.2, 0.25) is 0 Å². The van der Waals surface area contributed by atoms with Gasteiger partial charge in [0.25, 0.3) is 5.91 Å². The van der Waals surface area contributed by atoms with Crippen LogP contribution in [0.15, 0.2) is 24.3 Å². The Kier molecular flexibility index (Phi) is 4.15. The molecule has 4 nitrogen and oxygen atoms in total. The maximum Gasteiger partial charge on any atom is 0.256 e. The maximum absolute atomic E-state index is 12.1. The molecule has 1 amide bonds. The zero-order valence-electron chi connectivity index (χ0n) is 12.3. The summed E-state index contributed by atoms with van der Waals surface area (Å²) in [5.41, 5.74) is -0.474. The van der Waals surface area contributed by atoms with E-state index in [2.05, 4.69) is 5.32 Å². The van der Waals surface area contributed by atoms with Crippen LogP contribution in [0.1, 0.15) is 51.4 Å². The van der Waals surface area contributed by atoms with Crippen molar-refractivity contribution in [3.05, 3.63) is 24.3 Å². The Balaban J connectivity index is 1.57. The van der Waals surface area contributed by atoms with E-state index in [1.807, 2.05) is 24.3 Å². The maximum atomic E-state index is 12.1. The Bertz CT molecular complexity index is 485. The third-order valence-electron chi connectivity index (χ3n) is 4.57. The first-order valence-electron chi connectivity index (χ1n) is 7.96. The van der Waals surface area contributed by atoms with Crippen molar-refractivity contribution in [2.75, 3.05) is 5.32 Å². The molecule has 0 bridgehead atoms. The van der Waals surface area contributed by atoms with E-state index in [4.69, 9.17) is 4.74 Å². The van der Waals surface area contributed by atoms with Gasteiger partial charge in [0, 0.05) is 5.69 Å². The number of anilines is 1. The fourth-order valence-corrected chi connectivity index (χ4v) is 3.25. The molecule has 0 aliphatic heterocycles. The summed E-state index contributed by atoms with van der Waals surface area (Å²) in [5.74, 6) is 0.559. The summed E-state index contributed by atoms with van der Waals surface area (Å²) in [6, 6.07) is 7.43. The van der Waals surface area contributed by atoms with Crippen LogP contribution >= 0.6 is 0 Å². The van der Waals surface area contributed by atoms with Gasteiger partial charge in [-0.05, 0) is 75.6 Å². The standard InChI is InChI=1S/C17H23NO3/c19-16(17(20)11-3-4-12-17)18-13-7-9-15(10-8-13)21-14-5-1-2-6-14/h7-10,14,20H,1-6,11-12H2,(H,18,19). The molecule has 0 spiro atoms. The number of carbonyl (C=O) groups is 1. The van der Waals surface area contributed by atoms with Crippen molar-refractivity contribution >= 4 is 11.6 Å². The van der Waals surface area contributed by atoms with E-state index in [0.717, 1.165) is 31.4 Å². The summed E-state index contributed by atoms with van der Waals surface area (Å²) in [4.78, 5) is 12.1. The number of ether oxygens (including phenoxy) is 1. The normalized spacial score (nSPS) is 21.4. The minimum absolute atomic E-state index is 0.288. The number of rotatable bonds is 4. The summed E-state index contributed by atoms with van der Waals surface area (Å²) >= 11 is 0. The van der Waals surface area contributed by atoms with E-state index in [9.17, 15) is 9.90 Å². The second-order valence-electron chi connectivity index (χ2n) is 6.24. The van der Waals surface area contributed by atoms with Gasteiger partial charge in [0.2, 0.25) is 0 Å². The highest BCUT2D eigenvalue weighted by Gasteiger charge is 2.38. The molecule has 1 aromatic carbocycles. The van der Waals surface area contributed by atoms with E-state index in [0.29, 0.717) is 24.6 Å². The van der Waals surface area contributed by atoms with Crippen LogP contribution in [0.25, 0.3) is 0 Å². The third-order valence-corrected chi connectivity index (χ3v) is 4.57. The summed E-state index contributed by atoms with van der Waals surface area (Å²) < 4.78 is 5.89. The second kappa shape index (κ2) is 6.06. The highest BCUT2D eigenvalue weighted by molar-refractivity contribution is 5.97. The predicted octanol–water partition coefficient (Wildman–Crippen LogP) is 3.25. The van der Waals surface area contributed by atoms with Crippen LogP contribution in [-0.4, -0.2) is 22.7 Å². The number of aliphatic hydroxyl groups is 1. The first-order valence-corrected chi connectivity index (χ1v) is 7.96. The van der Waals surface area contributed by atoms with E-state index in [1.54, 1.807) is 0 Å². The zero-order valence-corrected chi connectivity index (χ0v) is 12.3. The molecule has 0 heterocycles. The SMILES string of the molecule is O=C(Nc1ccc(OC2CCCC2)cc1)C1(O)CCCC1. The van der Waals surface area contributed by atoms with Crippen molar-refractivity contribution in [3.8, 4) is 5.75 Å². The van der Waals surface area contributed by atoms with Gasteiger partial charge in [-0.25, -0.2) is 0 Å². The summed E-state index contributed by atoms with van der Waals surface area (Å²) in [5, 5.41) is 13.0. The van der Waals surface area contributed by atoms with Gasteiger partial charge in [-0.1, -0.05) is 0 Å².